The highest BCUT2D eigenvalue weighted by atomic mass is 35.5. The second-order valence-corrected chi connectivity index (χ2v) is 2.89. The number of nitrogen functional groups attached to an aromatic ring is 1. The van der Waals surface area contributed by atoms with E-state index >= 15 is 0 Å². The zero-order valence-corrected chi connectivity index (χ0v) is 7.62. The number of halogens is 1. The van der Waals surface area contributed by atoms with E-state index in [0.717, 1.165) is 0 Å². The second kappa shape index (κ2) is 2.77. The Balaban J connectivity index is 2.46. The van der Waals surface area contributed by atoms with E-state index in [2.05, 4.69) is 10.1 Å². The highest BCUT2D eigenvalue weighted by Gasteiger charge is 2.10. The van der Waals surface area contributed by atoms with Crippen molar-refractivity contribution in [3.63, 3.8) is 0 Å². The van der Waals surface area contributed by atoms with Crippen LogP contribution in [0.1, 0.15) is 0 Å². The molecule has 0 saturated heterocycles. The fraction of sp³-hybridized carbons (Fsp3) is 0.143. The first kappa shape index (κ1) is 8.12. The molecule has 0 amide bonds. The van der Waals surface area contributed by atoms with Gasteiger partial charge in [-0.1, -0.05) is 0 Å². The van der Waals surface area contributed by atoms with Crippen LogP contribution in [0, 0.1) is 0 Å². The first-order valence-corrected chi connectivity index (χ1v) is 3.97. The van der Waals surface area contributed by atoms with Crippen LogP contribution in [0.3, 0.4) is 0 Å². The first-order chi connectivity index (χ1) is 6.16. The molecule has 0 unspecified atom stereocenters. The fourth-order valence-corrected chi connectivity index (χ4v) is 1.08. The monoisotopic (exact) mass is 198 g/mol. The predicted octanol–water partition coefficient (Wildman–Crippen LogP) is 1.31. The van der Waals surface area contributed by atoms with Crippen molar-refractivity contribution in [1.82, 2.24) is 14.8 Å². The topological polar surface area (TPSA) is 69.9 Å². The molecule has 0 radical (unpaired) electrons. The quantitative estimate of drug-likeness (QED) is 0.750. The molecule has 5 nitrogen and oxygen atoms in total. The number of hydrogen-bond donors (Lipinski definition) is 1. The van der Waals surface area contributed by atoms with Gasteiger partial charge in [0.15, 0.2) is 11.0 Å². The van der Waals surface area contributed by atoms with Gasteiger partial charge >= 0.3 is 0 Å². The number of anilines is 1. The van der Waals surface area contributed by atoms with E-state index in [1.165, 1.54) is 4.68 Å². The number of rotatable bonds is 1. The van der Waals surface area contributed by atoms with E-state index in [0.29, 0.717) is 22.8 Å². The second-order valence-electron chi connectivity index (χ2n) is 2.52. The van der Waals surface area contributed by atoms with Crippen molar-refractivity contribution in [2.75, 3.05) is 5.73 Å². The molecule has 68 valence electrons. The van der Waals surface area contributed by atoms with Crippen LogP contribution >= 0.6 is 11.6 Å². The molecule has 0 spiro atoms. The van der Waals surface area contributed by atoms with Crippen molar-refractivity contribution in [3.8, 4) is 11.6 Å². The Morgan fingerprint density at radius 3 is 2.77 bits per heavy atom. The molecule has 0 fully saturated rings. The summed E-state index contributed by atoms with van der Waals surface area (Å²) in [6.07, 6.45) is 0. The zero-order chi connectivity index (χ0) is 9.42. The maximum Gasteiger partial charge on any atom is 0.218 e. The minimum atomic E-state index is 0.307. The minimum Gasteiger partial charge on any atom is -0.441 e. The Morgan fingerprint density at radius 2 is 2.31 bits per heavy atom. The summed E-state index contributed by atoms with van der Waals surface area (Å²) in [6.45, 7) is 0. The Hall–Kier alpha value is -1.49. The molecule has 2 N–H and O–H groups in total. The lowest BCUT2D eigenvalue weighted by Crippen LogP contribution is -1.97. The summed E-state index contributed by atoms with van der Waals surface area (Å²) >= 11 is 5.60. The smallest absolute Gasteiger partial charge is 0.218 e. The summed E-state index contributed by atoms with van der Waals surface area (Å²) in [6, 6.07) is 3.32. The van der Waals surface area contributed by atoms with Gasteiger partial charge in [-0.25, -0.2) is 4.68 Å². The minimum absolute atomic E-state index is 0.307. The maximum atomic E-state index is 5.60. The van der Waals surface area contributed by atoms with Gasteiger partial charge < -0.3 is 10.2 Å². The van der Waals surface area contributed by atoms with Crippen LogP contribution < -0.4 is 5.73 Å². The van der Waals surface area contributed by atoms with Crippen molar-refractivity contribution in [2.45, 2.75) is 0 Å². The third kappa shape index (κ3) is 1.38. The van der Waals surface area contributed by atoms with Crippen molar-refractivity contribution in [2.24, 2.45) is 7.05 Å². The molecule has 13 heavy (non-hydrogen) atoms. The zero-order valence-electron chi connectivity index (χ0n) is 6.86. The summed E-state index contributed by atoms with van der Waals surface area (Å²) in [4.78, 5) is 3.97. The predicted molar refractivity (Wildman–Crippen MR) is 48.1 cm³/mol. The molecule has 2 aromatic heterocycles. The summed E-state index contributed by atoms with van der Waals surface area (Å²) in [5, 5.41) is 4.33. The summed E-state index contributed by atoms with van der Waals surface area (Å²) in [5.41, 5.74) is 5.50. The Bertz CT molecular complexity index is 414. The van der Waals surface area contributed by atoms with E-state index in [1.54, 1.807) is 19.2 Å². The van der Waals surface area contributed by atoms with Crippen LogP contribution in [0.15, 0.2) is 16.5 Å². The van der Waals surface area contributed by atoms with Gasteiger partial charge in [0.05, 0.1) is 0 Å². The van der Waals surface area contributed by atoms with Crippen LogP contribution in [-0.4, -0.2) is 14.8 Å². The van der Waals surface area contributed by atoms with Crippen LogP contribution in [0.25, 0.3) is 11.6 Å². The van der Waals surface area contributed by atoms with E-state index < -0.39 is 0 Å². The molecular weight excluding hydrogens is 192 g/mol. The van der Waals surface area contributed by atoms with Gasteiger partial charge in [0.1, 0.15) is 0 Å². The average molecular weight is 199 g/mol. The molecule has 0 saturated carbocycles. The van der Waals surface area contributed by atoms with E-state index in [-0.39, 0.29) is 0 Å². The third-order valence-electron chi connectivity index (χ3n) is 1.59. The summed E-state index contributed by atoms with van der Waals surface area (Å²) < 4.78 is 6.57. The van der Waals surface area contributed by atoms with Gasteiger partial charge in [-0.3, -0.25) is 0 Å². The highest BCUT2D eigenvalue weighted by Crippen LogP contribution is 2.21. The number of aryl methyl sites for hydroxylation is 1. The third-order valence-corrected chi connectivity index (χ3v) is 1.79. The molecule has 0 bridgehead atoms. The number of nitrogens with zero attached hydrogens (tertiary/aromatic N) is 3. The lowest BCUT2D eigenvalue weighted by atomic mass is 10.4. The summed E-state index contributed by atoms with van der Waals surface area (Å²) in [7, 11) is 1.70. The number of furan rings is 1. The van der Waals surface area contributed by atoms with Gasteiger partial charge in [-0.2, -0.15) is 4.98 Å². The van der Waals surface area contributed by atoms with Crippen molar-refractivity contribution >= 4 is 17.5 Å². The first-order valence-electron chi connectivity index (χ1n) is 3.59. The Kier molecular flexibility index (Phi) is 1.73. The fourth-order valence-electron chi connectivity index (χ4n) is 0.935. The van der Waals surface area contributed by atoms with Gasteiger partial charge in [0.25, 0.3) is 0 Å². The molecule has 0 aliphatic rings. The number of hydrogen-bond acceptors (Lipinski definition) is 4. The molecule has 0 aromatic carbocycles. The van der Waals surface area contributed by atoms with E-state index in [9.17, 15) is 0 Å². The van der Waals surface area contributed by atoms with Crippen molar-refractivity contribution < 1.29 is 4.42 Å². The SMILES string of the molecule is Cn1nc(-c2ccc(Cl)o2)nc1N. The highest BCUT2D eigenvalue weighted by molar-refractivity contribution is 6.28. The molecular formula is C7H7ClN4O. The van der Waals surface area contributed by atoms with Crippen molar-refractivity contribution in [1.29, 1.82) is 0 Å². The molecule has 2 rings (SSSR count). The largest absolute Gasteiger partial charge is 0.441 e. The van der Waals surface area contributed by atoms with E-state index in [1.807, 2.05) is 0 Å². The number of aromatic nitrogens is 3. The Labute approximate surface area is 79.1 Å². The van der Waals surface area contributed by atoms with Crippen molar-refractivity contribution in [3.05, 3.63) is 17.4 Å². The molecule has 0 aliphatic carbocycles. The number of nitrogens with two attached hydrogens (primary N) is 1. The molecule has 0 aliphatic heterocycles. The van der Waals surface area contributed by atoms with Gasteiger partial charge in [0, 0.05) is 7.05 Å². The lowest BCUT2D eigenvalue weighted by Gasteiger charge is -1.86. The van der Waals surface area contributed by atoms with Crippen LogP contribution in [-0.2, 0) is 7.05 Å². The van der Waals surface area contributed by atoms with Gasteiger partial charge in [-0.05, 0) is 23.7 Å². The van der Waals surface area contributed by atoms with Crippen LogP contribution in [0.5, 0.6) is 0 Å². The average Bonchev–Trinajstić information content (AvgIpc) is 2.61. The molecule has 2 aromatic rings. The normalized spacial score (nSPS) is 10.6. The Morgan fingerprint density at radius 1 is 1.54 bits per heavy atom. The molecule has 2 heterocycles. The summed E-state index contributed by atoms with van der Waals surface area (Å²) in [5.74, 6) is 1.28. The van der Waals surface area contributed by atoms with E-state index in [4.69, 9.17) is 21.8 Å². The lowest BCUT2D eigenvalue weighted by molar-refractivity contribution is 0.578. The van der Waals surface area contributed by atoms with Crippen LogP contribution in [0.2, 0.25) is 5.22 Å². The van der Waals surface area contributed by atoms with Gasteiger partial charge in [0.2, 0.25) is 11.8 Å². The van der Waals surface area contributed by atoms with Crippen LogP contribution in [0.4, 0.5) is 5.95 Å². The molecule has 6 heteroatoms. The standard InChI is InChI=1S/C7H7ClN4O/c1-12-7(9)10-6(11-12)4-2-3-5(8)13-4/h2-3H,1H3,(H2,9,10,11). The molecule has 0 atom stereocenters. The van der Waals surface area contributed by atoms with Gasteiger partial charge in [-0.15, -0.1) is 5.10 Å². The maximum absolute atomic E-state index is 5.60.